The van der Waals surface area contributed by atoms with Crippen molar-refractivity contribution in [2.75, 3.05) is 19.6 Å². The van der Waals surface area contributed by atoms with Crippen LogP contribution in [-0.2, 0) is 13.6 Å². The first-order chi connectivity index (χ1) is 8.77. The fraction of sp³-hybridized carbons (Fsp3) is 0.733. The highest BCUT2D eigenvalue weighted by Crippen LogP contribution is 2.16. The first kappa shape index (κ1) is 13.6. The van der Waals surface area contributed by atoms with E-state index < -0.39 is 0 Å². The van der Waals surface area contributed by atoms with E-state index in [9.17, 15) is 0 Å². The molecule has 0 saturated carbocycles. The third-order valence-corrected chi connectivity index (χ3v) is 4.10. The number of aryl methyl sites for hydroxylation is 1. The van der Waals surface area contributed by atoms with Crippen LogP contribution >= 0.6 is 0 Å². The Morgan fingerprint density at radius 2 is 2.28 bits per heavy atom. The summed E-state index contributed by atoms with van der Waals surface area (Å²) < 4.78 is 2.18. The molecule has 1 N–H and O–H groups in total. The highest BCUT2D eigenvalue weighted by atomic mass is 15.2. The third kappa shape index (κ3) is 3.85. The van der Waals surface area contributed by atoms with Gasteiger partial charge in [-0.1, -0.05) is 6.42 Å². The van der Waals surface area contributed by atoms with Gasteiger partial charge < -0.3 is 14.8 Å². The minimum atomic E-state index is 0.798. The Morgan fingerprint density at radius 1 is 1.39 bits per heavy atom. The van der Waals surface area contributed by atoms with E-state index in [1.54, 1.807) is 0 Å². The molecule has 102 valence electrons. The topological polar surface area (TPSA) is 20.2 Å². The second-order valence-corrected chi connectivity index (χ2v) is 5.52. The van der Waals surface area contributed by atoms with Gasteiger partial charge in [0, 0.05) is 31.5 Å². The summed E-state index contributed by atoms with van der Waals surface area (Å²) in [5.74, 6) is 0. The average Bonchev–Trinajstić information content (AvgIpc) is 2.77. The van der Waals surface area contributed by atoms with Gasteiger partial charge in [0.05, 0.1) is 0 Å². The average molecular weight is 249 g/mol. The van der Waals surface area contributed by atoms with Gasteiger partial charge in [-0.2, -0.15) is 0 Å². The lowest BCUT2D eigenvalue weighted by Crippen LogP contribution is -2.38. The van der Waals surface area contributed by atoms with Gasteiger partial charge in [-0.05, 0) is 58.0 Å². The number of nitrogens with one attached hydrogen (secondary N) is 1. The van der Waals surface area contributed by atoms with Crippen molar-refractivity contribution in [2.45, 2.75) is 45.2 Å². The van der Waals surface area contributed by atoms with E-state index in [4.69, 9.17) is 0 Å². The number of hydrogen-bond donors (Lipinski definition) is 1. The molecule has 2 heterocycles. The molecule has 2 rings (SSSR count). The van der Waals surface area contributed by atoms with Crippen LogP contribution in [0.25, 0.3) is 0 Å². The van der Waals surface area contributed by atoms with E-state index >= 15 is 0 Å². The Hall–Kier alpha value is -0.800. The van der Waals surface area contributed by atoms with Gasteiger partial charge in [0.15, 0.2) is 0 Å². The quantitative estimate of drug-likeness (QED) is 0.781. The second-order valence-electron chi connectivity index (χ2n) is 5.52. The van der Waals surface area contributed by atoms with Gasteiger partial charge in [-0.3, -0.25) is 0 Å². The lowest BCUT2D eigenvalue weighted by molar-refractivity contribution is 0.159. The van der Waals surface area contributed by atoms with Crippen molar-refractivity contribution >= 4 is 0 Å². The Bertz CT molecular complexity index is 345. The molecule has 18 heavy (non-hydrogen) atoms. The van der Waals surface area contributed by atoms with Crippen molar-refractivity contribution in [2.24, 2.45) is 7.05 Å². The summed E-state index contributed by atoms with van der Waals surface area (Å²) in [6.07, 6.45) is 7.56. The van der Waals surface area contributed by atoms with E-state index in [1.165, 1.54) is 44.5 Å². The molecule has 1 aliphatic heterocycles. The molecule has 3 heteroatoms. The monoisotopic (exact) mass is 249 g/mol. The van der Waals surface area contributed by atoms with E-state index in [-0.39, 0.29) is 0 Å². The SMILES string of the molecule is CC1CCCCN1CCCNCc1cccn1C. The molecule has 0 amide bonds. The first-order valence-electron chi connectivity index (χ1n) is 7.32. The minimum absolute atomic E-state index is 0.798. The molecule has 3 nitrogen and oxygen atoms in total. The zero-order valence-corrected chi connectivity index (χ0v) is 11.9. The van der Waals surface area contributed by atoms with E-state index in [0.29, 0.717) is 0 Å². The number of nitrogens with zero attached hydrogens (tertiary/aromatic N) is 2. The van der Waals surface area contributed by atoms with Crippen LogP contribution in [0, 0.1) is 0 Å². The van der Waals surface area contributed by atoms with Crippen LogP contribution in [0.3, 0.4) is 0 Å². The maximum Gasteiger partial charge on any atom is 0.0359 e. The van der Waals surface area contributed by atoms with Gasteiger partial charge in [0.25, 0.3) is 0 Å². The molecule has 0 aliphatic carbocycles. The summed E-state index contributed by atoms with van der Waals surface area (Å²) >= 11 is 0. The molecular formula is C15H27N3. The largest absolute Gasteiger partial charge is 0.353 e. The standard InChI is InChI=1S/C15H27N3/c1-14-7-3-4-11-18(14)12-6-9-16-13-15-8-5-10-17(15)2/h5,8,10,14,16H,3-4,6-7,9,11-13H2,1-2H3. The maximum absolute atomic E-state index is 3.54. The lowest BCUT2D eigenvalue weighted by Gasteiger charge is -2.33. The minimum Gasteiger partial charge on any atom is -0.353 e. The molecule has 1 unspecified atom stereocenters. The van der Waals surface area contributed by atoms with Crippen LogP contribution in [0.2, 0.25) is 0 Å². The van der Waals surface area contributed by atoms with Crippen molar-refractivity contribution < 1.29 is 0 Å². The first-order valence-corrected chi connectivity index (χ1v) is 7.32. The molecule has 1 saturated heterocycles. The van der Waals surface area contributed by atoms with Crippen LogP contribution in [-0.4, -0.2) is 35.1 Å². The smallest absolute Gasteiger partial charge is 0.0359 e. The lowest BCUT2D eigenvalue weighted by atomic mass is 10.0. The molecule has 1 aromatic heterocycles. The van der Waals surface area contributed by atoms with Gasteiger partial charge in [-0.25, -0.2) is 0 Å². The molecule has 0 aromatic carbocycles. The van der Waals surface area contributed by atoms with Crippen LogP contribution in [0.4, 0.5) is 0 Å². The molecule has 1 aliphatic rings. The molecule has 0 radical (unpaired) electrons. The highest BCUT2D eigenvalue weighted by molar-refractivity contribution is 5.05. The van der Waals surface area contributed by atoms with Gasteiger partial charge >= 0.3 is 0 Å². The van der Waals surface area contributed by atoms with E-state index in [2.05, 4.69) is 47.1 Å². The van der Waals surface area contributed by atoms with Crippen LogP contribution < -0.4 is 5.32 Å². The fourth-order valence-electron chi connectivity index (χ4n) is 2.79. The van der Waals surface area contributed by atoms with E-state index in [1.807, 2.05) is 0 Å². The van der Waals surface area contributed by atoms with Crippen molar-refractivity contribution in [3.63, 3.8) is 0 Å². The fourth-order valence-corrected chi connectivity index (χ4v) is 2.79. The second kappa shape index (κ2) is 6.95. The molecule has 1 atom stereocenters. The van der Waals surface area contributed by atoms with Crippen molar-refractivity contribution in [3.05, 3.63) is 24.0 Å². The Labute approximate surface area is 111 Å². The summed E-state index contributed by atoms with van der Waals surface area (Å²) in [6, 6.07) is 5.08. The predicted molar refractivity (Wildman–Crippen MR) is 76.6 cm³/mol. The summed E-state index contributed by atoms with van der Waals surface area (Å²) in [5.41, 5.74) is 1.36. The van der Waals surface area contributed by atoms with Crippen LogP contribution in [0.1, 0.15) is 38.3 Å². The van der Waals surface area contributed by atoms with Crippen molar-refractivity contribution in [1.82, 2.24) is 14.8 Å². The number of piperidine rings is 1. The zero-order chi connectivity index (χ0) is 12.8. The number of aromatic nitrogens is 1. The Balaban J connectivity index is 1.57. The van der Waals surface area contributed by atoms with Gasteiger partial charge in [-0.15, -0.1) is 0 Å². The van der Waals surface area contributed by atoms with Gasteiger partial charge in [0.1, 0.15) is 0 Å². The number of likely N-dealkylation sites (tertiary alicyclic amines) is 1. The Kier molecular flexibility index (Phi) is 5.26. The van der Waals surface area contributed by atoms with Gasteiger partial charge in [0.2, 0.25) is 0 Å². The third-order valence-electron chi connectivity index (χ3n) is 4.10. The maximum atomic E-state index is 3.54. The van der Waals surface area contributed by atoms with Crippen LogP contribution in [0.5, 0.6) is 0 Å². The van der Waals surface area contributed by atoms with Crippen molar-refractivity contribution in [1.29, 1.82) is 0 Å². The molecule has 1 aromatic rings. The summed E-state index contributed by atoms with van der Waals surface area (Å²) in [6.45, 7) is 7.03. The molecule has 1 fully saturated rings. The molecule has 0 bridgehead atoms. The van der Waals surface area contributed by atoms with Crippen LogP contribution in [0.15, 0.2) is 18.3 Å². The number of hydrogen-bond acceptors (Lipinski definition) is 2. The predicted octanol–water partition coefficient (Wildman–Crippen LogP) is 2.38. The molecule has 0 spiro atoms. The summed E-state index contributed by atoms with van der Waals surface area (Å²) in [4.78, 5) is 2.65. The highest BCUT2D eigenvalue weighted by Gasteiger charge is 2.16. The normalized spacial score (nSPS) is 21.3. The van der Waals surface area contributed by atoms with Crippen molar-refractivity contribution in [3.8, 4) is 0 Å². The van der Waals surface area contributed by atoms with E-state index in [0.717, 1.165) is 19.1 Å². The summed E-state index contributed by atoms with van der Waals surface area (Å²) in [5, 5.41) is 3.54. The Morgan fingerprint density at radius 3 is 3.00 bits per heavy atom. The summed E-state index contributed by atoms with van der Waals surface area (Å²) in [7, 11) is 2.10. The number of rotatable bonds is 6. The zero-order valence-electron chi connectivity index (χ0n) is 11.9. The molecular weight excluding hydrogens is 222 g/mol.